The first-order valence-corrected chi connectivity index (χ1v) is 8.87. The van der Waals surface area contributed by atoms with Crippen LogP contribution < -0.4 is 5.32 Å². The monoisotopic (exact) mass is 394 g/mol. The Bertz CT molecular complexity index is 1030. The van der Waals surface area contributed by atoms with Gasteiger partial charge in [-0.05, 0) is 33.3 Å². The molecule has 0 aliphatic heterocycles. The Morgan fingerprint density at radius 2 is 1.96 bits per heavy atom. The molecule has 0 saturated heterocycles. The van der Waals surface area contributed by atoms with Crippen molar-refractivity contribution in [1.82, 2.24) is 29.7 Å². The van der Waals surface area contributed by atoms with Crippen molar-refractivity contribution in [3.8, 4) is 0 Å². The third kappa shape index (κ3) is 3.58. The van der Waals surface area contributed by atoms with E-state index in [0.717, 1.165) is 42.2 Å². The summed E-state index contributed by atoms with van der Waals surface area (Å²) in [6, 6.07) is 0.899. The first-order chi connectivity index (χ1) is 13.1. The summed E-state index contributed by atoms with van der Waals surface area (Å²) in [7, 11) is 0. The second-order valence-corrected chi connectivity index (χ2v) is 6.63. The number of hydrogen-bond acceptors (Lipinski definition) is 4. The zero-order chi connectivity index (χ0) is 20.6. The normalized spacial score (nSPS) is 12.0. The maximum Gasteiger partial charge on any atom is 0.433 e. The molecule has 3 aromatic rings. The molecule has 3 aromatic heterocycles. The van der Waals surface area contributed by atoms with Gasteiger partial charge in [0.1, 0.15) is 11.3 Å². The van der Waals surface area contributed by atoms with E-state index < -0.39 is 17.8 Å². The summed E-state index contributed by atoms with van der Waals surface area (Å²) in [5, 5.41) is 10.9. The first kappa shape index (κ1) is 19.8. The SMILES string of the molecule is CCCn1nc(C)c(CNC(=O)c2cnn3c(C(F)(F)F)cc(C)nc23)c1C. The number of carbonyl (C=O) groups excluding carboxylic acids is 1. The van der Waals surface area contributed by atoms with Crippen LogP contribution in [0.2, 0.25) is 0 Å². The van der Waals surface area contributed by atoms with Gasteiger partial charge in [-0.3, -0.25) is 9.48 Å². The number of nitrogens with one attached hydrogen (secondary N) is 1. The highest BCUT2D eigenvalue weighted by atomic mass is 19.4. The maximum absolute atomic E-state index is 13.2. The van der Waals surface area contributed by atoms with Gasteiger partial charge < -0.3 is 5.32 Å². The Balaban J connectivity index is 1.88. The van der Waals surface area contributed by atoms with Crippen LogP contribution in [0.5, 0.6) is 0 Å². The van der Waals surface area contributed by atoms with E-state index in [0.29, 0.717) is 4.52 Å². The molecule has 0 radical (unpaired) electrons. The molecule has 7 nitrogen and oxygen atoms in total. The van der Waals surface area contributed by atoms with Crippen LogP contribution in [-0.2, 0) is 19.3 Å². The molecule has 3 rings (SSSR count). The van der Waals surface area contributed by atoms with Gasteiger partial charge in [-0.1, -0.05) is 6.92 Å². The lowest BCUT2D eigenvalue weighted by molar-refractivity contribution is -0.142. The number of aryl methyl sites for hydroxylation is 3. The van der Waals surface area contributed by atoms with Gasteiger partial charge in [0.25, 0.3) is 5.91 Å². The van der Waals surface area contributed by atoms with E-state index in [1.807, 2.05) is 25.5 Å². The third-order valence-electron chi connectivity index (χ3n) is 4.53. The molecule has 0 unspecified atom stereocenters. The number of halogens is 3. The number of fused-ring (bicyclic) bond motifs is 1. The molecule has 0 saturated carbocycles. The first-order valence-electron chi connectivity index (χ1n) is 8.87. The molecular weight excluding hydrogens is 373 g/mol. The van der Waals surface area contributed by atoms with E-state index in [1.165, 1.54) is 6.92 Å². The Hall–Kier alpha value is -2.91. The average molecular weight is 394 g/mol. The molecule has 28 heavy (non-hydrogen) atoms. The second kappa shape index (κ2) is 7.25. The zero-order valence-electron chi connectivity index (χ0n) is 16.1. The van der Waals surface area contributed by atoms with E-state index >= 15 is 0 Å². The van der Waals surface area contributed by atoms with Gasteiger partial charge in [-0.25, -0.2) is 9.50 Å². The summed E-state index contributed by atoms with van der Waals surface area (Å²) < 4.78 is 42.2. The third-order valence-corrected chi connectivity index (χ3v) is 4.53. The van der Waals surface area contributed by atoms with Crippen LogP contribution >= 0.6 is 0 Å². The fourth-order valence-electron chi connectivity index (χ4n) is 3.13. The molecule has 0 fully saturated rings. The molecule has 0 spiro atoms. The Kier molecular flexibility index (Phi) is 5.14. The molecule has 0 aliphatic carbocycles. The van der Waals surface area contributed by atoms with Gasteiger partial charge in [0.2, 0.25) is 0 Å². The van der Waals surface area contributed by atoms with Gasteiger partial charge in [-0.2, -0.15) is 23.4 Å². The number of rotatable bonds is 5. The predicted molar refractivity (Wildman–Crippen MR) is 95.9 cm³/mol. The van der Waals surface area contributed by atoms with Crippen LogP contribution in [0.4, 0.5) is 13.2 Å². The lowest BCUT2D eigenvalue weighted by atomic mass is 10.2. The minimum atomic E-state index is -4.60. The Morgan fingerprint density at radius 3 is 2.61 bits per heavy atom. The molecule has 0 bridgehead atoms. The number of aromatic nitrogens is 5. The van der Waals surface area contributed by atoms with E-state index in [-0.39, 0.29) is 23.4 Å². The van der Waals surface area contributed by atoms with E-state index in [9.17, 15) is 18.0 Å². The van der Waals surface area contributed by atoms with Crippen molar-refractivity contribution in [3.63, 3.8) is 0 Å². The van der Waals surface area contributed by atoms with Crippen LogP contribution in [0, 0.1) is 20.8 Å². The van der Waals surface area contributed by atoms with Crippen LogP contribution in [-0.4, -0.2) is 30.3 Å². The van der Waals surface area contributed by atoms with Crippen molar-refractivity contribution < 1.29 is 18.0 Å². The van der Waals surface area contributed by atoms with E-state index in [1.54, 1.807) is 0 Å². The van der Waals surface area contributed by atoms with Crippen LogP contribution in [0.1, 0.15) is 52.0 Å². The number of hydrogen-bond donors (Lipinski definition) is 1. The molecule has 0 atom stereocenters. The van der Waals surface area contributed by atoms with Crippen molar-refractivity contribution in [2.45, 2.75) is 53.4 Å². The maximum atomic E-state index is 13.2. The fraction of sp³-hybridized carbons (Fsp3) is 0.444. The minimum absolute atomic E-state index is 0.00884. The van der Waals surface area contributed by atoms with Gasteiger partial charge >= 0.3 is 6.18 Å². The molecule has 0 aliphatic rings. The Morgan fingerprint density at radius 1 is 1.25 bits per heavy atom. The number of amides is 1. The summed E-state index contributed by atoms with van der Waals surface area (Å²) in [4.78, 5) is 16.7. The largest absolute Gasteiger partial charge is 0.433 e. The second-order valence-electron chi connectivity index (χ2n) is 6.63. The van der Waals surface area contributed by atoms with Crippen molar-refractivity contribution in [1.29, 1.82) is 0 Å². The average Bonchev–Trinajstić information content (AvgIpc) is 3.13. The summed E-state index contributed by atoms with van der Waals surface area (Å²) in [5.74, 6) is -0.539. The molecule has 0 aromatic carbocycles. The standard InChI is InChI=1S/C18H21F3N6O/c1-5-6-26-12(4)13(11(3)25-26)8-22-17(28)14-9-23-27-15(18(19,20)21)7-10(2)24-16(14)27/h7,9H,5-6,8H2,1-4H3,(H,22,28). The quantitative estimate of drug-likeness (QED) is 0.721. The lowest BCUT2D eigenvalue weighted by Crippen LogP contribution is -2.24. The Labute approximate surface area is 159 Å². The molecule has 150 valence electrons. The lowest BCUT2D eigenvalue weighted by Gasteiger charge is -2.10. The molecular formula is C18H21F3N6O. The molecule has 3 heterocycles. The van der Waals surface area contributed by atoms with Gasteiger partial charge in [0.05, 0.1) is 11.9 Å². The van der Waals surface area contributed by atoms with E-state index in [4.69, 9.17) is 0 Å². The summed E-state index contributed by atoms with van der Waals surface area (Å²) in [6.45, 7) is 8.27. The van der Waals surface area contributed by atoms with Crippen LogP contribution in [0.3, 0.4) is 0 Å². The van der Waals surface area contributed by atoms with E-state index in [2.05, 4.69) is 20.5 Å². The molecule has 1 amide bonds. The zero-order valence-corrected chi connectivity index (χ0v) is 16.1. The smallest absolute Gasteiger partial charge is 0.348 e. The van der Waals surface area contributed by atoms with Gasteiger partial charge in [0, 0.05) is 30.0 Å². The number of alkyl halides is 3. The van der Waals surface area contributed by atoms with Crippen molar-refractivity contribution in [3.05, 3.63) is 46.2 Å². The summed E-state index contributed by atoms with van der Waals surface area (Å²) in [6.07, 6.45) is -2.57. The number of nitrogens with zero attached hydrogens (tertiary/aromatic N) is 5. The van der Waals surface area contributed by atoms with Crippen LogP contribution in [0.15, 0.2) is 12.3 Å². The highest BCUT2D eigenvalue weighted by molar-refractivity contribution is 5.99. The van der Waals surface area contributed by atoms with Gasteiger partial charge in [-0.15, -0.1) is 0 Å². The topological polar surface area (TPSA) is 77.1 Å². The summed E-state index contributed by atoms with van der Waals surface area (Å²) >= 11 is 0. The molecule has 10 heteroatoms. The predicted octanol–water partition coefficient (Wildman–Crippen LogP) is 3.21. The fourth-order valence-corrected chi connectivity index (χ4v) is 3.13. The van der Waals surface area contributed by atoms with Gasteiger partial charge in [0.15, 0.2) is 5.65 Å². The number of carbonyl (C=O) groups is 1. The van der Waals surface area contributed by atoms with Crippen molar-refractivity contribution in [2.75, 3.05) is 0 Å². The summed E-state index contributed by atoms with van der Waals surface area (Å²) in [5.41, 5.74) is 1.69. The minimum Gasteiger partial charge on any atom is -0.348 e. The highest BCUT2D eigenvalue weighted by Gasteiger charge is 2.35. The highest BCUT2D eigenvalue weighted by Crippen LogP contribution is 2.30. The molecule has 1 N–H and O–H groups in total. The van der Waals surface area contributed by atoms with Crippen LogP contribution in [0.25, 0.3) is 5.65 Å². The van der Waals surface area contributed by atoms with Crippen molar-refractivity contribution >= 4 is 11.6 Å². The van der Waals surface area contributed by atoms with Crippen molar-refractivity contribution in [2.24, 2.45) is 0 Å².